The minimum absolute atomic E-state index is 0. The van der Waals surface area contributed by atoms with E-state index in [1.807, 2.05) is 11.1 Å². The van der Waals surface area contributed by atoms with Crippen molar-refractivity contribution < 1.29 is 45.1 Å². The van der Waals surface area contributed by atoms with Gasteiger partial charge in [0.05, 0.1) is 0 Å². The summed E-state index contributed by atoms with van der Waals surface area (Å²) < 4.78 is 3.44. The monoisotopic (exact) mass is 820 g/mol. The van der Waals surface area contributed by atoms with Crippen molar-refractivity contribution in [2.45, 2.75) is 132 Å². The molecule has 53 heavy (non-hydrogen) atoms. The molecule has 0 N–H and O–H groups in total. The van der Waals surface area contributed by atoms with Crippen LogP contribution in [0.2, 0.25) is 7.25 Å². The number of hydrogen-bond acceptors (Lipinski definition) is 0. The van der Waals surface area contributed by atoms with Crippen molar-refractivity contribution in [3.63, 3.8) is 0 Å². The maximum absolute atomic E-state index is 3.07. The van der Waals surface area contributed by atoms with E-state index >= 15 is 0 Å². The van der Waals surface area contributed by atoms with Gasteiger partial charge in [-0.3, -0.25) is 0 Å². The van der Waals surface area contributed by atoms with E-state index in [2.05, 4.69) is 139 Å². The van der Waals surface area contributed by atoms with Crippen molar-refractivity contribution in [2.24, 2.45) is 0 Å². The summed E-state index contributed by atoms with van der Waals surface area (Å²) in [7, 11) is 0. The fourth-order valence-electron chi connectivity index (χ4n) is 11.1. The van der Waals surface area contributed by atoms with Crippen molar-refractivity contribution in [2.75, 3.05) is 0 Å². The minimum Gasteiger partial charge on any atom is -1.00 e. The van der Waals surface area contributed by atoms with Gasteiger partial charge in [-0.15, -0.1) is 0 Å². The Balaban J connectivity index is 0.00000240. The molecular weight excluding hydrogens is 763 g/mol. The van der Waals surface area contributed by atoms with Crippen LogP contribution >= 0.6 is 0 Å². The van der Waals surface area contributed by atoms with Crippen LogP contribution in [0.3, 0.4) is 0 Å². The van der Waals surface area contributed by atoms with E-state index < -0.39 is 20.3 Å². The van der Waals surface area contributed by atoms with Gasteiger partial charge in [0.15, 0.2) is 0 Å². The van der Waals surface area contributed by atoms with Crippen molar-refractivity contribution in [3.8, 4) is 22.3 Å². The fraction of sp³-hybridized carbons (Fsp3) is 0.440. The summed E-state index contributed by atoms with van der Waals surface area (Å²) in [5.74, 6) is 1.11. The first kappa shape index (κ1) is 40.5. The van der Waals surface area contributed by atoms with Crippen molar-refractivity contribution in [1.29, 1.82) is 0 Å². The maximum atomic E-state index is 2.75. The molecule has 4 atom stereocenters. The van der Waals surface area contributed by atoms with Crippen LogP contribution in [0, 0.1) is 0 Å². The predicted molar refractivity (Wildman–Crippen MR) is 218 cm³/mol. The van der Waals surface area contributed by atoms with E-state index in [0.29, 0.717) is 19.1 Å². The average Bonchev–Trinajstić information content (AvgIpc) is 3.43. The van der Waals surface area contributed by atoms with Crippen molar-refractivity contribution in [3.05, 3.63) is 129 Å². The maximum Gasteiger partial charge on any atom is -1.00 e. The number of fused-ring (bicyclic) bond motifs is 3. The number of benzene rings is 4. The normalized spacial score (nSPS) is 22.6. The third kappa shape index (κ3) is 7.08. The third-order valence-corrected chi connectivity index (χ3v) is 30.7. The largest absolute Gasteiger partial charge is 1.00 e. The molecule has 0 nitrogen and oxygen atoms in total. The second-order valence-corrected chi connectivity index (χ2v) is 28.6. The van der Waals surface area contributed by atoms with E-state index in [0.717, 1.165) is 7.25 Å². The molecule has 0 radical (unpaired) electrons. The van der Waals surface area contributed by atoms with E-state index in [9.17, 15) is 0 Å². The molecule has 0 spiro atoms. The summed E-state index contributed by atoms with van der Waals surface area (Å²) in [5.41, 5.74) is 18.8. The predicted octanol–water partition coefficient (Wildman–Crippen LogP) is 9.55. The molecule has 1 saturated carbocycles. The Morgan fingerprint density at radius 1 is 0.547 bits per heavy atom. The second-order valence-electron chi connectivity index (χ2n) is 17.2. The first-order valence-corrected chi connectivity index (χ1v) is 26.4. The summed E-state index contributed by atoms with van der Waals surface area (Å²) in [6.07, 6.45) is 19.1. The van der Waals surface area contributed by atoms with E-state index in [4.69, 9.17) is 0 Å². The Hall–Kier alpha value is -2.18. The summed E-state index contributed by atoms with van der Waals surface area (Å²) in [5, 5.41) is 0. The van der Waals surface area contributed by atoms with Gasteiger partial charge in [0.1, 0.15) is 0 Å². The smallest absolute Gasteiger partial charge is 1.00 e. The standard InChI is InChI=1S/2C22H25.C6H10.2ClH.Zr/c2*1-4-5-7-17-14-20-8-6-9-21(22(20)15-17)19-12-10-18(11-13-19)16(2)3;1-2-4-6-5-3-1;;;/h2*6,8-16H,4-5,7H2,1-3H3;1-2H,3-6H2;2*1H;/q;;;;;+2/p-2. The quantitative estimate of drug-likeness (QED) is 0.134. The summed E-state index contributed by atoms with van der Waals surface area (Å²) in [6, 6.07) is 34.0. The SMILES string of the molecule is CCCCC1=Cc2c(-c3ccc(C(C)C)cc3)cccc2[CH]1[Zr+2]1([CH]2C(CCCC)=Cc3c(-c4ccc(C(C)C)cc4)cccc32)[CH]2CCCC[CH]21.[Cl-].[Cl-]. The zero-order valence-corrected chi connectivity index (χ0v) is 37.0. The van der Waals surface area contributed by atoms with E-state index in [-0.39, 0.29) is 24.8 Å². The van der Waals surface area contributed by atoms with Gasteiger partial charge in [0.25, 0.3) is 0 Å². The third-order valence-electron chi connectivity index (χ3n) is 13.7. The van der Waals surface area contributed by atoms with Gasteiger partial charge >= 0.3 is 316 Å². The van der Waals surface area contributed by atoms with Crippen molar-refractivity contribution in [1.82, 2.24) is 0 Å². The van der Waals surface area contributed by atoms with Crippen LogP contribution in [0.4, 0.5) is 0 Å². The van der Waals surface area contributed by atoms with Crippen LogP contribution in [0.5, 0.6) is 0 Å². The number of allylic oxidation sites excluding steroid dienone is 2. The van der Waals surface area contributed by atoms with Crippen LogP contribution in [-0.2, 0) is 20.3 Å². The summed E-state index contributed by atoms with van der Waals surface area (Å²) in [6.45, 7) is 14.0. The molecule has 4 unspecified atom stereocenters. The zero-order valence-electron chi connectivity index (χ0n) is 33.0. The van der Waals surface area contributed by atoms with Gasteiger partial charge in [-0.1, -0.05) is 0 Å². The number of rotatable bonds is 12. The van der Waals surface area contributed by atoms with E-state index in [1.165, 1.54) is 97.6 Å². The number of hydrogen-bond donors (Lipinski definition) is 0. The number of unbranched alkanes of at least 4 members (excludes halogenated alkanes) is 2. The Morgan fingerprint density at radius 3 is 1.30 bits per heavy atom. The molecule has 0 aromatic heterocycles. The van der Waals surface area contributed by atoms with Gasteiger partial charge in [-0.25, -0.2) is 0 Å². The molecule has 0 bridgehead atoms. The summed E-state index contributed by atoms with van der Waals surface area (Å²) in [4.78, 5) is 0. The molecule has 8 rings (SSSR count). The van der Waals surface area contributed by atoms with Gasteiger partial charge in [0, 0.05) is 0 Å². The average molecular weight is 823 g/mol. The second kappa shape index (κ2) is 16.9. The molecule has 4 aromatic rings. The fourth-order valence-corrected chi connectivity index (χ4v) is 34.3. The Kier molecular flexibility index (Phi) is 12.9. The van der Waals surface area contributed by atoms with Crippen LogP contribution < -0.4 is 24.8 Å². The Labute approximate surface area is 338 Å². The molecule has 3 aliphatic carbocycles. The van der Waals surface area contributed by atoms with E-state index in [1.54, 1.807) is 22.3 Å². The Bertz CT molecular complexity index is 1800. The molecule has 2 fully saturated rings. The van der Waals surface area contributed by atoms with Crippen molar-refractivity contribution >= 4 is 12.2 Å². The minimum atomic E-state index is -3.07. The molecular formula is C50H60Cl2Zr. The van der Waals surface area contributed by atoms with Gasteiger partial charge in [0.2, 0.25) is 0 Å². The number of halogens is 2. The topological polar surface area (TPSA) is 0 Å². The molecule has 1 aliphatic heterocycles. The summed E-state index contributed by atoms with van der Waals surface area (Å²) >= 11 is -3.07. The molecule has 4 aromatic carbocycles. The molecule has 4 aliphatic rings. The van der Waals surface area contributed by atoms with Crippen LogP contribution in [0.1, 0.15) is 158 Å². The molecule has 3 heteroatoms. The van der Waals surface area contributed by atoms with Gasteiger partial charge in [-0.2, -0.15) is 0 Å². The molecule has 1 saturated heterocycles. The first-order valence-electron chi connectivity index (χ1n) is 20.8. The Morgan fingerprint density at radius 2 is 0.943 bits per heavy atom. The van der Waals surface area contributed by atoms with Gasteiger partial charge < -0.3 is 24.8 Å². The van der Waals surface area contributed by atoms with Crippen LogP contribution in [-0.4, -0.2) is 0 Å². The molecule has 278 valence electrons. The van der Waals surface area contributed by atoms with Crippen LogP contribution in [0.15, 0.2) is 96.1 Å². The first-order chi connectivity index (χ1) is 24.9. The molecule has 0 amide bonds. The zero-order chi connectivity index (χ0) is 35.3. The van der Waals surface area contributed by atoms with Gasteiger partial charge in [-0.05, 0) is 0 Å². The molecule has 1 heterocycles. The van der Waals surface area contributed by atoms with Crippen LogP contribution in [0.25, 0.3) is 34.4 Å².